The first-order valence-corrected chi connectivity index (χ1v) is 8.20. The quantitative estimate of drug-likeness (QED) is 0.633. The van der Waals surface area contributed by atoms with Crippen LogP contribution in [0.15, 0.2) is 84.9 Å². The van der Waals surface area contributed by atoms with Crippen molar-refractivity contribution in [2.45, 2.75) is 6.61 Å². The van der Waals surface area contributed by atoms with Crippen LogP contribution in [0.2, 0.25) is 0 Å². The van der Waals surface area contributed by atoms with E-state index in [4.69, 9.17) is 4.74 Å². The molecule has 0 atom stereocenters. The van der Waals surface area contributed by atoms with Gasteiger partial charge in [-0.1, -0.05) is 48.5 Å². The second-order valence-electron chi connectivity index (χ2n) is 5.68. The number of halogens is 1. The van der Waals surface area contributed by atoms with Crippen LogP contribution in [0.3, 0.4) is 0 Å². The summed E-state index contributed by atoms with van der Waals surface area (Å²) in [5.41, 5.74) is 2.39. The molecule has 0 heterocycles. The minimum atomic E-state index is -0.391. The highest BCUT2D eigenvalue weighted by Crippen LogP contribution is 2.15. The van der Waals surface area contributed by atoms with Crippen molar-refractivity contribution in [3.8, 4) is 5.75 Å². The van der Waals surface area contributed by atoms with Gasteiger partial charge in [0.2, 0.25) is 5.91 Å². The number of carbonyl (C=O) groups excluding carboxylic acids is 1. The van der Waals surface area contributed by atoms with Crippen LogP contribution in [0, 0.1) is 5.82 Å². The summed E-state index contributed by atoms with van der Waals surface area (Å²) in [4.78, 5) is 11.9. The minimum Gasteiger partial charge on any atom is -0.489 e. The van der Waals surface area contributed by atoms with Gasteiger partial charge in [-0.25, -0.2) is 4.39 Å². The number of ether oxygens (including phenoxy) is 1. The average Bonchev–Trinajstić information content (AvgIpc) is 2.66. The summed E-state index contributed by atoms with van der Waals surface area (Å²) in [5, 5.41) is 2.61. The lowest BCUT2D eigenvalue weighted by Gasteiger charge is -2.06. The summed E-state index contributed by atoms with van der Waals surface area (Å²) in [5.74, 6) is 0.0492. The summed E-state index contributed by atoms with van der Waals surface area (Å²) in [6.45, 7) is 0.506. The van der Waals surface area contributed by atoms with Crippen LogP contribution in [-0.2, 0) is 11.4 Å². The van der Waals surface area contributed by atoms with Gasteiger partial charge < -0.3 is 10.1 Å². The highest BCUT2D eigenvalue weighted by Gasteiger charge is 2.00. The maximum absolute atomic E-state index is 13.1. The van der Waals surface area contributed by atoms with E-state index in [1.54, 1.807) is 18.2 Å². The van der Waals surface area contributed by atoms with E-state index in [9.17, 15) is 9.18 Å². The first-order chi connectivity index (χ1) is 12.7. The number of hydrogen-bond donors (Lipinski definition) is 1. The fourth-order valence-corrected chi connectivity index (χ4v) is 2.34. The van der Waals surface area contributed by atoms with E-state index in [0.717, 1.165) is 16.9 Å². The molecule has 0 unspecified atom stereocenters. The Morgan fingerprint density at radius 1 is 0.962 bits per heavy atom. The van der Waals surface area contributed by atoms with Crippen molar-refractivity contribution in [2.75, 3.05) is 5.32 Å². The highest BCUT2D eigenvalue weighted by atomic mass is 19.1. The molecule has 0 bridgehead atoms. The molecule has 0 aromatic heterocycles. The maximum atomic E-state index is 13.1. The largest absolute Gasteiger partial charge is 0.489 e. The fraction of sp³-hybridized carbons (Fsp3) is 0.0455. The van der Waals surface area contributed by atoms with E-state index in [-0.39, 0.29) is 5.91 Å². The van der Waals surface area contributed by atoms with Crippen LogP contribution in [0.5, 0.6) is 5.75 Å². The molecule has 0 fully saturated rings. The van der Waals surface area contributed by atoms with E-state index in [0.29, 0.717) is 12.3 Å². The lowest BCUT2D eigenvalue weighted by atomic mass is 10.2. The molecule has 0 spiro atoms. The third-order valence-electron chi connectivity index (χ3n) is 3.65. The van der Waals surface area contributed by atoms with E-state index in [1.165, 1.54) is 18.2 Å². The molecule has 0 saturated carbocycles. The van der Waals surface area contributed by atoms with Crippen LogP contribution >= 0.6 is 0 Å². The molecular formula is C22H18FNO2. The van der Waals surface area contributed by atoms with Crippen molar-refractivity contribution in [1.29, 1.82) is 0 Å². The Morgan fingerprint density at radius 3 is 2.46 bits per heavy atom. The third-order valence-corrected chi connectivity index (χ3v) is 3.65. The SMILES string of the molecule is O=C(/C=C/c1ccc(OCc2ccccc2)cc1)Nc1cccc(F)c1. The van der Waals surface area contributed by atoms with Gasteiger partial charge in [-0.05, 0) is 47.5 Å². The number of rotatable bonds is 6. The van der Waals surface area contributed by atoms with Gasteiger partial charge in [-0.3, -0.25) is 4.79 Å². The summed E-state index contributed by atoms with van der Waals surface area (Å²) < 4.78 is 18.8. The zero-order valence-electron chi connectivity index (χ0n) is 14.1. The number of amides is 1. The summed E-state index contributed by atoms with van der Waals surface area (Å²) >= 11 is 0. The molecule has 0 aliphatic rings. The van der Waals surface area contributed by atoms with Crippen LogP contribution < -0.4 is 10.1 Å². The van der Waals surface area contributed by atoms with Gasteiger partial charge in [-0.15, -0.1) is 0 Å². The standard InChI is InChI=1S/C22H18FNO2/c23-19-7-4-8-20(15-19)24-22(25)14-11-17-9-12-21(13-10-17)26-16-18-5-2-1-3-6-18/h1-15H,16H2,(H,24,25)/b14-11+. The van der Waals surface area contributed by atoms with Crippen LogP contribution in [0.4, 0.5) is 10.1 Å². The van der Waals surface area contributed by atoms with Crippen molar-refractivity contribution >= 4 is 17.7 Å². The van der Waals surface area contributed by atoms with E-state index >= 15 is 0 Å². The van der Waals surface area contributed by atoms with Gasteiger partial charge in [0, 0.05) is 11.8 Å². The Balaban J connectivity index is 1.53. The predicted octanol–water partition coefficient (Wildman–Crippen LogP) is 5.06. The van der Waals surface area contributed by atoms with Crippen molar-refractivity contribution < 1.29 is 13.9 Å². The fourth-order valence-electron chi connectivity index (χ4n) is 2.34. The number of benzene rings is 3. The van der Waals surface area contributed by atoms with Gasteiger partial charge in [0.05, 0.1) is 0 Å². The first-order valence-electron chi connectivity index (χ1n) is 8.20. The zero-order valence-corrected chi connectivity index (χ0v) is 14.1. The molecule has 4 heteroatoms. The zero-order chi connectivity index (χ0) is 18.2. The highest BCUT2D eigenvalue weighted by molar-refractivity contribution is 6.01. The summed E-state index contributed by atoms with van der Waals surface area (Å²) in [6.07, 6.45) is 3.10. The van der Waals surface area contributed by atoms with Gasteiger partial charge in [0.1, 0.15) is 18.2 Å². The van der Waals surface area contributed by atoms with E-state index in [1.807, 2.05) is 54.6 Å². The monoisotopic (exact) mass is 347 g/mol. The molecule has 0 radical (unpaired) electrons. The molecule has 0 aliphatic heterocycles. The molecule has 3 rings (SSSR count). The predicted molar refractivity (Wildman–Crippen MR) is 101 cm³/mol. The van der Waals surface area contributed by atoms with Crippen LogP contribution in [-0.4, -0.2) is 5.91 Å². The molecule has 1 amide bonds. The van der Waals surface area contributed by atoms with Crippen molar-refractivity contribution in [2.24, 2.45) is 0 Å². The smallest absolute Gasteiger partial charge is 0.248 e. The van der Waals surface area contributed by atoms with E-state index < -0.39 is 5.82 Å². The van der Waals surface area contributed by atoms with Crippen molar-refractivity contribution in [1.82, 2.24) is 0 Å². The third kappa shape index (κ3) is 5.31. The van der Waals surface area contributed by atoms with Crippen molar-refractivity contribution in [3.63, 3.8) is 0 Å². The number of hydrogen-bond acceptors (Lipinski definition) is 2. The lowest BCUT2D eigenvalue weighted by molar-refractivity contribution is -0.111. The summed E-state index contributed by atoms with van der Waals surface area (Å²) in [6, 6.07) is 23.1. The molecule has 1 N–H and O–H groups in total. The normalized spacial score (nSPS) is 10.7. The number of carbonyl (C=O) groups is 1. The molecule has 26 heavy (non-hydrogen) atoms. The lowest BCUT2D eigenvalue weighted by Crippen LogP contribution is -2.07. The second-order valence-corrected chi connectivity index (χ2v) is 5.68. The number of nitrogens with one attached hydrogen (secondary N) is 1. The Morgan fingerprint density at radius 2 is 1.73 bits per heavy atom. The summed E-state index contributed by atoms with van der Waals surface area (Å²) in [7, 11) is 0. The van der Waals surface area contributed by atoms with E-state index in [2.05, 4.69) is 5.32 Å². The molecule has 3 aromatic carbocycles. The van der Waals surface area contributed by atoms with Crippen molar-refractivity contribution in [3.05, 3.63) is 102 Å². The van der Waals surface area contributed by atoms with Gasteiger partial charge in [-0.2, -0.15) is 0 Å². The first kappa shape index (κ1) is 17.4. The van der Waals surface area contributed by atoms with Crippen LogP contribution in [0.1, 0.15) is 11.1 Å². The Hall–Kier alpha value is -3.40. The van der Waals surface area contributed by atoms with Gasteiger partial charge >= 0.3 is 0 Å². The molecule has 3 nitrogen and oxygen atoms in total. The average molecular weight is 347 g/mol. The Bertz CT molecular complexity index is 890. The maximum Gasteiger partial charge on any atom is 0.248 e. The molecule has 130 valence electrons. The second kappa shape index (κ2) is 8.62. The van der Waals surface area contributed by atoms with Crippen LogP contribution in [0.25, 0.3) is 6.08 Å². The molecule has 0 saturated heterocycles. The molecule has 0 aliphatic carbocycles. The van der Waals surface area contributed by atoms with Gasteiger partial charge in [0.25, 0.3) is 0 Å². The molecular weight excluding hydrogens is 329 g/mol. The number of anilines is 1. The Kier molecular flexibility index (Phi) is 5.78. The van der Waals surface area contributed by atoms with Gasteiger partial charge in [0.15, 0.2) is 0 Å². The topological polar surface area (TPSA) is 38.3 Å². The molecule has 3 aromatic rings. The Labute approximate surface area is 151 Å². The minimum absolute atomic E-state index is 0.319.